The number of rotatable bonds is 5. The van der Waals surface area contributed by atoms with Crippen molar-refractivity contribution in [3.05, 3.63) is 182 Å². The number of aromatic nitrogens is 4. The Hall–Kier alpha value is -7.83. The van der Waals surface area contributed by atoms with Gasteiger partial charge in [0.1, 0.15) is 22.3 Å². The van der Waals surface area contributed by atoms with Gasteiger partial charge >= 0.3 is 0 Å². The maximum absolute atomic E-state index is 6.81. The first-order valence-electron chi connectivity index (χ1n) is 19.0. The molecule has 57 heavy (non-hydrogen) atoms. The van der Waals surface area contributed by atoms with Gasteiger partial charge in [-0.2, -0.15) is 0 Å². The summed E-state index contributed by atoms with van der Waals surface area (Å²) >= 11 is 0. The van der Waals surface area contributed by atoms with Crippen molar-refractivity contribution in [2.45, 2.75) is 0 Å². The average Bonchev–Trinajstić information content (AvgIpc) is 3.96. The summed E-state index contributed by atoms with van der Waals surface area (Å²) in [6.07, 6.45) is 0. The molecule has 12 aromatic rings. The zero-order valence-electron chi connectivity index (χ0n) is 30.4. The third-order valence-corrected chi connectivity index (χ3v) is 11.1. The van der Waals surface area contributed by atoms with Crippen molar-refractivity contribution in [3.8, 4) is 51.0 Å². The second-order valence-corrected chi connectivity index (χ2v) is 14.3. The van der Waals surface area contributed by atoms with Crippen LogP contribution in [0.15, 0.2) is 191 Å². The highest BCUT2D eigenvalue weighted by molar-refractivity contribution is 6.17. The van der Waals surface area contributed by atoms with Crippen LogP contribution < -0.4 is 0 Å². The molecule has 0 aliphatic heterocycles. The minimum atomic E-state index is 0.532. The van der Waals surface area contributed by atoms with Crippen LogP contribution in [0.25, 0.3) is 117 Å². The van der Waals surface area contributed by atoms with Crippen LogP contribution in [0.4, 0.5) is 0 Å². The molecule has 8 aromatic carbocycles. The Balaban J connectivity index is 1.07. The average molecular weight is 731 g/mol. The molecule has 0 atom stereocenters. The molecular weight excluding hydrogens is 701 g/mol. The zero-order valence-corrected chi connectivity index (χ0v) is 30.4. The van der Waals surface area contributed by atoms with Gasteiger partial charge < -0.3 is 13.4 Å². The van der Waals surface area contributed by atoms with Crippen molar-refractivity contribution in [1.29, 1.82) is 0 Å². The Morgan fingerprint density at radius 1 is 0.351 bits per heavy atom. The van der Waals surface area contributed by atoms with E-state index >= 15 is 0 Å². The fourth-order valence-electron chi connectivity index (χ4n) is 8.55. The molecule has 0 bridgehead atoms. The lowest BCUT2D eigenvalue weighted by atomic mass is 9.97. The standard InChI is InChI=1S/C51H30N4O2/c1-3-14-31(15-4-1)49-52-50(38-22-13-26-44-47(38)36-19-8-10-25-43(36)56-44)54-51(53-49)39-23-11-21-37-46-34(20-12-27-45(46)57-48(37)39)32-28-29-42-40(30-32)35-18-7-9-24-41(35)55(42)33-16-5-2-6-17-33/h1-30H. The molecule has 0 aliphatic carbocycles. The lowest BCUT2D eigenvalue weighted by Crippen LogP contribution is -2.00. The van der Waals surface area contributed by atoms with Crippen LogP contribution in [0.2, 0.25) is 0 Å². The molecule has 0 aliphatic rings. The lowest BCUT2D eigenvalue weighted by molar-refractivity contribution is 0.668. The molecule has 6 heteroatoms. The number of nitrogens with zero attached hydrogens (tertiary/aromatic N) is 4. The second kappa shape index (κ2) is 12.3. The quantitative estimate of drug-likeness (QED) is 0.176. The number of fused-ring (bicyclic) bond motifs is 9. The topological polar surface area (TPSA) is 69.9 Å². The minimum Gasteiger partial charge on any atom is -0.456 e. The summed E-state index contributed by atoms with van der Waals surface area (Å²) in [5, 5.41) is 6.44. The molecule has 0 amide bonds. The van der Waals surface area contributed by atoms with E-state index in [0.29, 0.717) is 17.5 Å². The molecule has 4 aromatic heterocycles. The van der Waals surface area contributed by atoms with Gasteiger partial charge in [-0.05, 0) is 65.7 Å². The predicted octanol–water partition coefficient (Wildman–Crippen LogP) is 13.4. The monoisotopic (exact) mass is 730 g/mol. The maximum Gasteiger partial charge on any atom is 0.167 e. The lowest BCUT2D eigenvalue weighted by Gasteiger charge is -2.09. The Labute approximate surface area is 325 Å². The molecule has 0 spiro atoms. The van der Waals surface area contributed by atoms with Gasteiger partial charge in [-0.3, -0.25) is 0 Å². The molecule has 6 nitrogen and oxygen atoms in total. The smallest absolute Gasteiger partial charge is 0.167 e. The Morgan fingerprint density at radius 3 is 1.77 bits per heavy atom. The molecular formula is C51H30N4O2. The van der Waals surface area contributed by atoms with Crippen LogP contribution >= 0.6 is 0 Å². The maximum atomic E-state index is 6.81. The van der Waals surface area contributed by atoms with Crippen molar-refractivity contribution < 1.29 is 8.83 Å². The van der Waals surface area contributed by atoms with Gasteiger partial charge in [0.2, 0.25) is 0 Å². The highest BCUT2D eigenvalue weighted by atomic mass is 16.3. The van der Waals surface area contributed by atoms with Crippen LogP contribution in [0.5, 0.6) is 0 Å². The van der Waals surface area contributed by atoms with E-state index in [9.17, 15) is 0 Å². The molecule has 0 fully saturated rings. The number of benzene rings is 8. The number of hydrogen-bond donors (Lipinski definition) is 0. The normalized spacial score (nSPS) is 11.9. The van der Waals surface area contributed by atoms with Gasteiger partial charge in [-0.15, -0.1) is 0 Å². The predicted molar refractivity (Wildman–Crippen MR) is 230 cm³/mol. The summed E-state index contributed by atoms with van der Waals surface area (Å²) in [7, 11) is 0. The van der Waals surface area contributed by atoms with Crippen LogP contribution in [-0.4, -0.2) is 19.5 Å². The Morgan fingerprint density at radius 2 is 0.930 bits per heavy atom. The Kier molecular flexibility index (Phi) is 6.83. The number of furan rings is 2. The van der Waals surface area contributed by atoms with Crippen molar-refractivity contribution >= 4 is 65.7 Å². The van der Waals surface area contributed by atoms with E-state index in [0.717, 1.165) is 82.9 Å². The minimum absolute atomic E-state index is 0.532. The highest BCUT2D eigenvalue weighted by Gasteiger charge is 2.22. The van der Waals surface area contributed by atoms with E-state index < -0.39 is 0 Å². The summed E-state index contributed by atoms with van der Waals surface area (Å²) < 4.78 is 15.4. The van der Waals surface area contributed by atoms with Crippen LogP contribution in [-0.2, 0) is 0 Å². The SMILES string of the molecule is c1ccc(-c2nc(-c3cccc4c3oc3cccc(-c5ccc6c(c5)c5ccccc5n6-c5ccccc5)c34)nc(-c3cccc4oc5ccccc5c34)n2)cc1. The summed E-state index contributed by atoms with van der Waals surface area (Å²) in [5.74, 6) is 1.68. The summed E-state index contributed by atoms with van der Waals surface area (Å²) in [6.45, 7) is 0. The molecule has 12 rings (SSSR count). The van der Waals surface area contributed by atoms with Crippen LogP contribution in [0.3, 0.4) is 0 Å². The zero-order chi connectivity index (χ0) is 37.5. The largest absolute Gasteiger partial charge is 0.456 e. The molecule has 0 N–H and O–H groups in total. The van der Waals surface area contributed by atoms with E-state index in [1.165, 1.54) is 16.3 Å². The summed E-state index contributed by atoms with van der Waals surface area (Å²) in [5.41, 5.74) is 11.4. The van der Waals surface area contributed by atoms with E-state index in [2.05, 4.69) is 114 Å². The van der Waals surface area contributed by atoms with Crippen molar-refractivity contribution in [2.75, 3.05) is 0 Å². The van der Waals surface area contributed by atoms with E-state index in [1.807, 2.05) is 72.8 Å². The molecule has 0 saturated heterocycles. The van der Waals surface area contributed by atoms with E-state index in [4.69, 9.17) is 23.8 Å². The number of para-hydroxylation sites is 4. The van der Waals surface area contributed by atoms with Gasteiger partial charge in [0.15, 0.2) is 17.5 Å². The van der Waals surface area contributed by atoms with Crippen LogP contribution in [0, 0.1) is 0 Å². The first kappa shape index (κ1) is 31.5. The molecule has 4 heterocycles. The van der Waals surface area contributed by atoms with Gasteiger partial charge in [0.05, 0.1) is 16.6 Å². The molecule has 0 unspecified atom stereocenters. The first-order valence-corrected chi connectivity index (χ1v) is 19.0. The fourth-order valence-corrected chi connectivity index (χ4v) is 8.55. The van der Waals surface area contributed by atoms with Gasteiger partial charge in [0.25, 0.3) is 0 Å². The second-order valence-electron chi connectivity index (χ2n) is 14.3. The van der Waals surface area contributed by atoms with Gasteiger partial charge in [0, 0.05) is 49.1 Å². The molecule has 0 radical (unpaired) electrons. The van der Waals surface area contributed by atoms with Crippen molar-refractivity contribution in [2.24, 2.45) is 0 Å². The van der Waals surface area contributed by atoms with E-state index in [-0.39, 0.29) is 0 Å². The first-order chi connectivity index (χ1) is 28.3. The molecule has 0 saturated carbocycles. The third-order valence-electron chi connectivity index (χ3n) is 11.1. The fraction of sp³-hybridized carbons (Fsp3) is 0. The van der Waals surface area contributed by atoms with Gasteiger partial charge in [-0.25, -0.2) is 15.0 Å². The van der Waals surface area contributed by atoms with E-state index in [1.54, 1.807) is 0 Å². The van der Waals surface area contributed by atoms with Crippen molar-refractivity contribution in [3.63, 3.8) is 0 Å². The number of hydrogen-bond acceptors (Lipinski definition) is 5. The highest BCUT2D eigenvalue weighted by Crippen LogP contribution is 2.43. The summed E-state index contributed by atoms with van der Waals surface area (Å²) in [6, 6.07) is 62.7. The summed E-state index contributed by atoms with van der Waals surface area (Å²) in [4.78, 5) is 15.4. The van der Waals surface area contributed by atoms with Gasteiger partial charge in [-0.1, -0.05) is 127 Å². The molecule has 266 valence electrons. The Bertz CT molecular complexity index is 3530. The van der Waals surface area contributed by atoms with Crippen molar-refractivity contribution in [1.82, 2.24) is 19.5 Å². The van der Waals surface area contributed by atoms with Crippen LogP contribution in [0.1, 0.15) is 0 Å². The third kappa shape index (κ3) is 4.87.